The SMILES string of the molecule is CC[C@@H](CCN(C)C(=O)OC(C)(C)C)c1cc(N(COCC[Si](C)(C)C)COCC[Si](C)(C)C)n2ncc(I)c2n1. The van der Waals surface area contributed by atoms with E-state index in [1.54, 1.807) is 11.9 Å². The van der Waals surface area contributed by atoms with E-state index in [-0.39, 0.29) is 12.0 Å². The molecule has 2 heterocycles. The van der Waals surface area contributed by atoms with Crippen molar-refractivity contribution in [2.45, 2.75) is 103 Å². The second kappa shape index (κ2) is 15.5. The first-order chi connectivity index (χ1) is 18.9. The van der Waals surface area contributed by atoms with Gasteiger partial charge < -0.3 is 24.0 Å². The van der Waals surface area contributed by atoms with Crippen LogP contribution in [0.1, 0.15) is 52.1 Å². The van der Waals surface area contributed by atoms with E-state index in [9.17, 15) is 4.79 Å². The summed E-state index contributed by atoms with van der Waals surface area (Å²) in [7, 11) is -0.619. The van der Waals surface area contributed by atoms with Gasteiger partial charge in [-0.05, 0) is 68.3 Å². The first-order valence-corrected chi connectivity index (χ1v) is 23.3. The summed E-state index contributed by atoms with van der Waals surface area (Å²) >= 11 is 2.30. The van der Waals surface area contributed by atoms with Crippen molar-refractivity contribution in [1.29, 1.82) is 0 Å². The van der Waals surface area contributed by atoms with Crippen LogP contribution in [0.5, 0.6) is 0 Å². The molecule has 0 unspecified atom stereocenters. The fraction of sp³-hybridized carbons (Fsp3) is 0.759. The topological polar surface area (TPSA) is 81.4 Å². The quantitative estimate of drug-likeness (QED) is 0.0769. The Hall–Kier alpha value is -1.23. The van der Waals surface area contributed by atoms with Crippen molar-refractivity contribution in [3.05, 3.63) is 21.5 Å². The summed E-state index contributed by atoms with van der Waals surface area (Å²) in [5.74, 6) is 1.07. The molecule has 0 saturated heterocycles. The smallest absolute Gasteiger partial charge is 0.410 e. The Kier molecular flexibility index (Phi) is 13.6. The molecular formula is C29H54IN5O4Si2. The van der Waals surface area contributed by atoms with Gasteiger partial charge in [0.1, 0.15) is 24.9 Å². The summed E-state index contributed by atoms with van der Waals surface area (Å²) in [6.45, 7) is 24.9. The lowest BCUT2D eigenvalue weighted by atomic mass is 9.97. The van der Waals surface area contributed by atoms with Crippen LogP contribution < -0.4 is 4.90 Å². The normalized spacial score (nSPS) is 13.5. The predicted molar refractivity (Wildman–Crippen MR) is 183 cm³/mol. The highest BCUT2D eigenvalue weighted by Gasteiger charge is 2.24. The summed E-state index contributed by atoms with van der Waals surface area (Å²) in [6, 6.07) is 4.34. The van der Waals surface area contributed by atoms with Gasteiger partial charge in [0.15, 0.2) is 5.65 Å². The highest BCUT2D eigenvalue weighted by Crippen LogP contribution is 2.29. The third-order valence-corrected chi connectivity index (χ3v) is 10.8. The first-order valence-electron chi connectivity index (χ1n) is 14.8. The molecule has 12 heteroatoms. The molecule has 0 spiro atoms. The van der Waals surface area contributed by atoms with Gasteiger partial charge in [-0.15, -0.1) is 0 Å². The molecule has 0 aromatic carbocycles. The fourth-order valence-corrected chi connectivity index (χ4v) is 5.98. The van der Waals surface area contributed by atoms with Crippen LogP contribution in [0.4, 0.5) is 10.6 Å². The van der Waals surface area contributed by atoms with Crippen LogP contribution in [-0.2, 0) is 14.2 Å². The Labute approximate surface area is 263 Å². The maximum absolute atomic E-state index is 12.5. The Morgan fingerprint density at radius 3 is 2.10 bits per heavy atom. The minimum Gasteiger partial charge on any atom is -0.444 e. The van der Waals surface area contributed by atoms with Crippen molar-refractivity contribution in [2.24, 2.45) is 0 Å². The second-order valence-corrected chi connectivity index (χ2v) is 26.7. The predicted octanol–water partition coefficient (Wildman–Crippen LogP) is 7.52. The molecule has 1 amide bonds. The molecule has 0 saturated carbocycles. The van der Waals surface area contributed by atoms with Crippen molar-refractivity contribution in [2.75, 3.05) is 45.2 Å². The molecule has 0 aliphatic carbocycles. The number of carbonyl (C=O) groups is 1. The van der Waals surface area contributed by atoms with E-state index in [0.29, 0.717) is 20.0 Å². The lowest BCUT2D eigenvalue weighted by Crippen LogP contribution is -2.35. The van der Waals surface area contributed by atoms with Gasteiger partial charge in [-0.3, -0.25) is 0 Å². The number of hydrogen-bond acceptors (Lipinski definition) is 7. The number of fused-ring (bicyclic) bond motifs is 1. The van der Waals surface area contributed by atoms with Crippen LogP contribution in [-0.4, -0.2) is 87.6 Å². The molecular weight excluding hydrogens is 665 g/mol. The van der Waals surface area contributed by atoms with Gasteiger partial charge in [0, 0.05) is 60.6 Å². The maximum Gasteiger partial charge on any atom is 0.410 e. The van der Waals surface area contributed by atoms with Crippen molar-refractivity contribution < 1.29 is 19.0 Å². The number of nitrogens with zero attached hydrogens (tertiary/aromatic N) is 5. The maximum atomic E-state index is 12.5. The first kappa shape index (κ1) is 36.0. The minimum atomic E-state index is -1.21. The van der Waals surface area contributed by atoms with Crippen LogP contribution in [0.3, 0.4) is 0 Å². The average molecular weight is 720 g/mol. The zero-order chi connectivity index (χ0) is 31.0. The number of ether oxygens (including phenoxy) is 3. The highest BCUT2D eigenvalue weighted by atomic mass is 127. The van der Waals surface area contributed by atoms with E-state index in [0.717, 1.165) is 58.9 Å². The number of aromatic nitrogens is 3. The average Bonchev–Trinajstić information content (AvgIpc) is 3.21. The molecule has 0 aliphatic rings. The van der Waals surface area contributed by atoms with E-state index in [2.05, 4.69) is 84.9 Å². The summed E-state index contributed by atoms with van der Waals surface area (Å²) in [5.41, 5.74) is 1.29. The standard InChI is InChI=1S/C29H54IN5O4Si2/c1-12-23(13-14-33(5)28(36)39-29(2,3)4)25-19-26(35-27(32-25)24(30)20-31-35)34(21-37-15-17-40(6,7)8)22-38-16-18-41(9,10)11/h19-20,23H,12-18,21-22H2,1-11H3/t23-/m0/s1. The van der Waals surface area contributed by atoms with Gasteiger partial charge in [-0.1, -0.05) is 46.2 Å². The molecule has 9 nitrogen and oxygen atoms in total. The number of amides is 1. The zero-order valence-electron chi connectivity index (χ0n) is 27.3. The number of carbonyl (C=O) groups excluding carboxylic acids is 1. The lowest BCUT2D eigenvalue weighted by Gasteiger charge is -2.28. The third kappa shape index (κ3) is 12.9. The Morgan fingerprint density at radius 2 is 1.61 bits per heavy atom. The molecule has 0 radical (unpaired) electrons. The summed E-state index contributed by atoms with van der Waals surface area (Å²) in [5, 5.41) is 4.67. The minimum absolute atomic E-state index is 0.164. The van der Waals surface area contributed by atoms with E-state index in [1.165, 1.54) is 0 Å². The third-order valence-electron chi connectivity index (χ3n) is 6.67. The molecule has 234 valence electrons. The van der Waals surface area contributed by atoms with Gasteiger partial charge in [0.25, 0.3) is 0 Å². The number of hydrogen-bond donors (Lipinski definition) is 0. The molecule has 1 atom stereocenters. The monoisotopic (exact) mass is 719 g/mol. The van der Waals surface area contributed by atoms with Crippen molar-refractivity contribution in [1.82, 2.24) is 19.5 Å². The zero-order valence-corrected chi connectivity index (χ0v) is 31.5. The lowest BCUT2D eigenvalue weighted by molar-refractivity contribution is 0.0294. The van der Waals surface area contributed by atoms with Crippen LogP contribution in [0.2, 0.25) is 51.4 Å². The van der Waals surface area contributed by atoms with E-state index < -0.39 is 21.7 Å². The summed E-state index contributed by atoms with van der Waals surface area (Å²) in [4.78, 5) is 21.4. The van der Waals surface area contributed by atoms with Crippen molar-refractivity contribution >= 4 is 56.3 Å². The van der Waals surface area contributed by atoms with Crippen LogP contribution in [0.25, 0.3) is 5.65 Å². The molecule has 41 heavy (non-hydrogen) atoms. The highest BCUT2D eigenvalue weighted by molar-refractivity contribution is 14.1. The Bertz CT molecular complexity index is 1090. The molecule has 0 fully saturated rings. The van der Waals surface area contributed by atoms with E-state index in [4.69, 9.17) is 19.2 Å². The van der Waals surface area contributed by atoms with Gasteiger partial charge in [-0.2, -0.15) is 9.61 Å². The van der Waals surface area contributed by atoms with Gasteiger partial charge in [-0.25, -0.2) is 9.78 Å². The van der Waals surface area contributed by atoms with Gasteiger partial charge >= 0.3 is 6.09 Å². The van der Waals surface area contributed by atoms with Crippen LogP contribution >= 0.6 is 22.6 Å². The number of anilines is 1. The number of halogens is 1. The van der Waals surface area contributed by atoms with Crippen LogP contribution in [0.15, 0.2) is 12.3 Å². The molecule has 2 aromatic heterocycles. The molecule has 2 rings (SSSR count). The van der Waals surface area contributed by atoms with E-state index >= 15 is 0 Å². The largest absolute Gasteiger partial charge is 0.444 e. The number of rotatable bonds is 16. The molecule has 0 bridgehead atoms. The second-order valence-electron chi connectivity index (χ2n) is 14.3. The van der Waals surface area contributed by atoms with Gasteiger partial charge in [0.05, 0.1) is 9.77 Å². The van der Waals surface area contributed by atoms with Crippen LogP contribution in [0, 0.1) is 3.57 Å². The summed E-state index contributed by atoms with van der Waals surface area (Å²) in [6.07, 6.45) is 3.22. The van der Waals surface area contributed by atoms with E-state index in [1.807, 2.05) is 31.5 Å². The van der Waals surface area contributed by atoms with Crippen molar-refractivity contribution in [3.63, 3.8) is 0 Å². The fourth-order valence-electron chi connectivity index (χ4n) is 3.99. The molecule has 0 aliphatic heterocycles. The molecule has 0 N–H and O–H groups in total. The molecule has 2 aromatic rings. The van der Waals surface area contributed by atoms with Crippen molar-refractivity contribution in [3.8, 4) is 0 Å². The Balaban J connectivity index is 2.32. The van der Waals surface area contributed by atoms with Gasteiger partial charge in [0.2, 0.25) is 0 Å². The summed E-state index contributed by atoms with van der Waals surface area (Å²) < 4.78 is 20.9. The Morgan fingerprint density at radius 1 is 1.05 bits per heavy atom.